The summed E-state index contributed by atoms with van der Waals surface area (Å²) in [6.07, 6.45) is 4.35. The first kappa shape index (κ1) is 35.6. The first-order chi connectivity index (χ1) is 21.1. The summed E-state index contributed by atoms with van der Waals surface area (Å²) in [5.41, 5.74) is 7.01. The highest BCUT2D eigenvalue weighted by molar-refractivity contribution is 5.91. The molecule has 2 unspecified atom stereocenters. The minimum Gasteiger partial charge on any atom is -0.481 e. The molecule has 1 heterocycles. The van der Waals surface area contributed by atoms with E-state index in [1.165, 1.54) is 10.8 Å². The molecule has 3 rings (SSSR count). The van der Waals surface area contributed by atoms with Crippen molar-refractivity contribution in [2.45, 2.75) is 86.1 Å². The van der Waals surface area contributed by atoms with Crippen LogP contribution in [0.1, 0.15) is 84.0 Å². The van der Waals surface area contributed by atoms with Gasteiger partial charge in [-0.15, -0.1) is 0 Å². The molecule has 0 bridgehead atoms. The average Bonchev–Trinajstić information content (AvgIpc) is 2.92. The fourth-order valence-corrected chi connectivity index (χ4v) is 5.93. The Labute approximate surface area is 266 Å². The summed E-state index contributed by atoms with van der Waals surface area (Å²) in [6.45, 7) is 14.4. The quantitative estimate of drug-likeness (QED) is 0.206. The van der Waals surface area contributed by atoms with Crippen molar-refractivity contribution in [1.82, 2.24) is 9.47 Å². The molecule has 0 aliphatic rings. The molecule has 2 aromatic carbocycles. The predicted octanol–water partition coefficient (Wildman–Crippen LogP) is 7.13. The van der Waals surface area contributed by atoms with Gasteiger partial charge < -0.3 is 14.6 Å². The number of carboxylic acid groups (broad SMARTS) is 1. The van der Waals surface area contributed by atoms with Crippen LogP contribution in [0.4, 0.5) is 4.39 Å². The van der Waals surface area contributed by atoms with Crippen molar-refractivity contribution in [3.63, 3.8) is 0 Å². The summed E-state index contributed by atoms with van der Waals surface area (Å²) in [5.74, 6) is -2.93. The fraction of sp³-hybridized carbons (Fsp3) is 0.459. The molecule has 0 aliphatic carbocycles. The monoisotopic (exact) mass is 617 g/mol. The number of hydrogen-bond donors (Lipinski definition) is 1. The third-order valence-corrected chi connectivity index (χ3v) is 8.29. The Morgan fingerprint density at radius 2 is 1.60 bits per heavy atom. The lowest BCUT2D eigenvalue weighted by atomic mass is 9.87. The Bertz CT molecular complexity index is 1610. The van der Waals surface area contributed by atoms with Gasteiger partial charge in [-0.3, -0.25) is 14.4 Å². The number of aliphatic imine (C=N–C) groups is 1. The number of aliphatic carboxylic acids is 1. The summed E-state index contributed by atoms with van der Waals surface area (Å²) in [6, 6.07) is 8.25. The minimum atomic E-state index is -1.14. The number of likely N-dealkylation sites (N-methyl/N-ethyl adjacent to an activating group) is 1. The molecule has 0 radical (unpaired) electrons. The number of halogens is 1. The molecule has 1 N–H and O–H groups in total. The number of aromatic nitrogens is 1. The second-order valence-electron chi connectivity index (χ2n) is 13.1. The average molecular weight is 618 g/mol. The highest BCUT2D eigenvalue weighted by Gasteiger charge is 2.25. The van der Waals surface area contributed by atoms with E-state index in [0.29, 0.717) is 24.8 Å². The lowest BCUT2D eigenvalue weighted by Crippen LogP contribution is -2.30. The molecule has 0 fully saturated rings. The summed E-state index contributed by atoms with van der Waals surface area (Å²) in [4.78, 5) is 45.2. The van der Waals surface area contributed by atoms with Crippen LogP contribution in [0, 0.1) is 46.4 Å². The molecule has 0 saturated heterocycles. The molecule has 8 heteroatoms. The van der Waals surface area contributed by atoms with Crippen LogP contribution in [-0.4, -0.2) is 53.3 Å². The van der Waals surface area contributed by atoms with Gasteiger partial charge in [-0.2, -0.15) is 0 Å². The van der Waals surface area contributed by atoms with Gasteiger partial charge >= 0.3 is 5.97 Å². The zero-order valence-electron chi connectivity index (χ0n) is 28.2. The van der Waals surface area contributed by atoms with E-state index in [-0.39, 0.29) is 17.0 Å². The molecule has 0 aliphatic heterocycles. The molecule has 7 nitrogen and oxygen atoms in total. The molecule has 45 heavy (non-hydrogen) atoms. The summed E-state index contributed by atoms with van der Waals surface area (Å²) >= 11 is 0. The molecule has 242 valence electrons. The normalized spacial score (nSPS) is 13.2. The SMILES string of the molecule is Cc1cc(C)c(-c2cc(C)c(F)c(C(/C=N/C(=O)C(CCC(C)C)n3cc(CCN(C)C)c(C)cc3=O)CC(=O)O)c2)c(C)c1. The Morgan fingerprint density at radius 1 is 0.956 bits per heavy atom. The number of carbonyl (C=O) groups is 2. The Balaban J connectivity index is 2.09. The summed E-state index contributed by atoms with van der Waals surface area (Å²) in [5, 5.41) is 9.77. The maximum Gasteiger partial charge on any atom is 0.304 e. The molecule has 1 amide bonds. The van der Waals surface area contributed by atoms with Crippen LogP contribution in [0.25, 0.3) is 11.1 Å². The van der Waals surface area contributed by atoms with Crippen LogP contribution in [0.3, 0.4) is 0 Å². The zero-order valence-corrected chi connectivity index (χ0v) is 28.2. The maximum absolute atomic E-state index is 15.7. The van der Waals surface area contributed by atoms with Crippen molar-refractivity contribution in [3.8, 4) is 11.1 Å². The Hall–Kier alpha value is -3.91. The van der Waals surface area contributed by atoms with Crippen molar-refractivity contribution in [1.29, 1.82) is 0 Å². The number of hydrogen-bond acceptors (Lipinski definition) is 4. The van der Waals surface area contributed by atoms with Gasteiger partial charge in [0.1, 0.15) is 11.9 Å². The highest BCUT2D eigenvalue weighted by atomic mass is 19.1. The van der Waals surface area contributed by atoms with E-state index in [1.807, 2.05) is 55.6 Å². The molecule has 1 aromatic heterocycles. The van der Waals surface area contributed by atoms with Gasteiger partial charge in [0.05, 0.1) is 6.42 Å². The second-order valence-corrected chi connectivity index (χ2v) is 13.1. The van der Waals surface area contributed by atoms with Crippen LogP contribution in [-0.2, 0) is 16.0 Å². The van der Waals surface area contributed by atoms with E-state index >= 15 is 4.39 Å². The predicted molar refractivity (Wildman–Crippen MR) is 180 cm³/mol. The lowest BCUT2D eigenvalue weighted by Gasteiger charge is -2.21. The number of amides is 1. The largest absolute Gasteiger partial charge is 0.481 e. The summed E-state index contributed by atoms with van der Waals surface area (Å²) in [7, 11) is 3.96. The van der Waals surface area contributed by atoms with E-state index in [2.05, 4.69) is 22.0 Å². The van der Waals surface area contributed by atoms with Crippen molar-refractivity contribution in [3.05, 3.63) is 91.6 Å². The molecular weight excluding hydrogens is 569 g/mol. The third-order valence-electron chi connectivity index (χ3n) is 8.29. The van der Waals surface area contributed by atoms with Crippen LogP contribution in [0.15, 0.2) is 46.3 Å². The van der Waals surface area contributed by atoms with Crippen molar-refractivity contribution in [2.24, 2.45) is 10.9 Å². The lowest BCUT2D eigenvalue weighted by molar-refractivity contribution is -0.137. The number of nitrogens with zero attached hydrogens (tertiary/aromatic N) is 3. The van der Waals surface area contributed by atoms with Crippen LogP contribution in [0.5, 0.6) is 0 Å². The van der Waals surface area contributed by atoms with E-state index in [0.717, 1.165) is 45.5 Å². The smallest absolute Gasteiger partial charge is 0.304 e. The first-order valence-corrected chi connectivity index (χ1v) is 15.6. The van der Waals surface area contributed by atoms with Gasteiger partial charge in [-0.1, -0.05) is 31.5 Å². The van der Waals surface area contributed by atoms with E-state index in [1.54, 1.807) is 31.3 Å². The van der Waals surface area contributed by atoms with E-state index in [9.17, 15) is 19.5 Å². The number of rotatable bonds is 13. The maximum atomic E-state index is 15.7. The zero-order chi connectivity index (χ0) is 33.6. The molecule has 3 aromatic rings. The van der Waals surface area contributed by atoms with Gasteiger partial charge in [0.15, 0.2) is 0 Å². The van der Waals surface area contributed by atoms with Crippen LogP contribution >= 0.6 is 0 Å². The van der Waals surface area contributed by atoms with Crippen molar-refractivity contribution in [2.75, 3.05) is 20.6 Å². The standard InChI is InChI=1S/C37H48FN3O4/c1-22(2)10-11-32(41-21-28(12-13-40(8)9)24(4)17-33(41)42)37(45)39-20-30(19-34(43)44)31-18-29(16-27(7)36(31)38)35-25(5)14-23(3)15-26(35)6/h14-18,20-22,30,32H,10-13,19H2,1-9H3,(H,43,44)/b39-20+. The third kappa shape index (κ3) is 9.30. The van der Waals surface area contributed by atoms with Gasteiger partial charge in [0, 0.05) is 30.9 Å². The number of benzene rings is 2. The van der Waals surface area contributed by atoms with Crippen LogP contribution < -0.4 is 5.56 Å². The fourth-order valence-electron chi connectivity index (χ4n) is 5.93. The molecule has 0 saturated carbocycles. The molecule has 0 spiro atoms. The topological polar surface area (TPSA) is 92.0 Å². The first-order valence-electron chi connectivity index (χ1n) is 15.6. The van der Waals surface area contributed by atoms with Gasteiger partial charge in [0.25, 0.3) is 11.5 Å². The van der Waals surface area contributed by atoms with E-state index in [4.69, 9.17) is 0 Å². The molecule has 2 atom stereocenters. The van der Waals surface area contributed by atoms with Gasteiger partial charge in [-0.05, 0) is 131 Å². The minimum absolute atomic E-state index is 0.167. The van der Waals surface area contributed by atoms with Crippen molar-refractivity contribution < 1.29 is 19.1 Å². The second kappa shape index (κ2) is 15.4. The van der Waals surface area contributed by atoms with Crippen LogP contribution in [0.2, 0.25) is 0 Å². The Morgan fingerprint density at radius 3 is 2.18 bits per heavy atom. The molecular formula is C37H48FN3O4. The van der Waals surface area contributed by atoms with Crippen molar-refractivity contribution >= 4 is 18.1 Å². The van der Waals surface area contributed by atoms with Gasteiger partial charge in [0.2, 0.25) is 0 Å². The van der Waals surface area contributed by atoms with Gasteiger partial charge in [-0.25, -0.2) is 9.38 Å². The number of pyridine rings is 1. The number of carbonyl (C=O) groups excluding carboxylic acids is 1. The number of aryl methyl sites for hydroxylation is 5. The Kier molecular flexibility index (Phi) is 12.2. The van der Waals surface area contributed by atoms with E-state index < -0.39 is 36.1 Å². The number of carboxylic acids is 1. The summed E-state index contributed by atoms with van der Waals surface area (Å²) < 4.78 is 17.2. The highest BCUT2D eigenvalue weighted by Crippen LogP contribution is 2.34.